The fraction of sp³-hybridized carbons (Fsp3) is 0.900. The molecule has 1 heterocycles. The number of carbonyl (C=O) groups excluding carboxylic acids is 1. The standard InChI is InChI=1S/C10H20N2O2/c1-9(5-4-8-13)11-10(14)12-6-2-3-7-12/h9,13H,2-8H2,1H3,(H,11,14). The maximum absolute atomic E-state index is 11.6. The van der Waals surface area contributed by atoms with E-state index in [0.29, 0.717) is 0 Å². The third-order valence-corrected chi connectivity index (χ3v) is 2.56. The lowest BCUT2D eigenvalue weighted by Crippen LogP contribution is -2.42. The lowest BCUT2D eigenvalue weighted by molar-refractivity contribution is 0.203. The summed E-state index contributed by atoms with van der Waals surface area (Å²) < 4.78 is 0. The molecule has 14 heavy (non-hydrogen) atoms. The number of hydrogen-bond acceptors (Lipinski definition) is 2. The highest BCUT2D eigenvalue weighted by atomic mass is 16.3. The Morgan fingerprint density at radius 3 is 2.71 bits per heavy atom. The van der Waals surface area contributed by atoms with E-state index < -0.39 is 0 Å². The highest BCUT2D eigenvalue weighted by Gasteiger charge is 2.18. The van der Waals surface area contributed by atoms with Gasteiger partial charge in [0.25, 0.3) is 0 Å². The van der Waals surface area contributed by atoms with Gasteiger partial charge >= 0.3 is 6.03 Å². The van der Waals surface area contributed by atoms with E-state index >= 15 is 0 Å². The smallest absolute Gasteiger partial charge is 0.317 e. The van der Waals surface area contributed by atoms with Crippen molar-refractivity contribution < 1.29 is 9.90 Å². The number of amides is 2. The number of carbonyl (C=O) groups is 1. The molecule has 2 amide bonds. The zero-order valence-electron chi connectivity index (χ0n) is 8.83. The number of nitrogens with one attached hydrogen (secondary N) is 1. The van der Waals surface area contributed by atoms with Crippen molar-refractivity contribution >= 4 is 6.03 Å². The summed E-state index contributed by atoms with van der Waals surface area (Å²) in [4.78, 5) is 13.4. The Hall–Kier alpha value is -0.770. The molecule has 1 atom stereocenters. The molecular formula is C10H20N2O2. The normalized spacial score (nSPS) is 18.3. The second kappa shape index (κ2) is 5.86. The third kappa shape index (κ3) is 3.54. The SMILES string of the molecule is CC(CCCO)NC(=O)N1CCCC1. The summed E-state index contributed by atoms with van der Waals surface area (Å²) >= 11 is 0. The molecule has 1 saturated heterocycles. The highest BCUT2D eigenvalue weighted by molar-refractivity contribution is 5.74. The van der Waals surface area contributed by atoms with E-state index in [4.69, 9.17) is 5.11 Å². The average Bonchev–Trinajstić information content (AvgIpc) is 2.67. The van der Waals surface area contributed by atoms with Crippen LogP contribution in [0, 0.1) is 0 Å². The minimum absolute atomic E-state index is 0.0490. The van der Waals surface area contributed by atoms with E-state index in [0.717, 1.165) is 38.8 Å². The van der Waals surface area contributed by atoms with Gasteiger partial charge in [0.05, 0.1) is 0 Å². The van der Waals surface area contributed by atoms with Crippen LogP contribution in [0.25, 0.3) is 0 Å². The first-order chi connectivity index (χ1) is 6.74. The molecule has 0 aromatic heterocycles. The molecular weight excluding hydrogens is 180 g/mol. The molecule has 1 aliphatic rings. The van der Waals surface area contributed by atoms with Gasteiger partial charge < -0.3 is 15.3 Å². The first-order valence-electron chi connectivity index (χ1n) is 5.40. The van der Waals surface area contributed by atoms with Crippen molar-refractivity contribution in [2.45, 2.75) is 38.6 Å². The molecule has 1 aliphatic heterocycles. The Morgan fingerprint density at radius 2 is 2.14 bits per heavy atom. The molecule has 82 valence electrons. The number of rotatable bonds is 4. The fourth-order valence-corrected chi connectivity index (χ4v) is 1.69. The van der Waals surface area contributed by atoms with E-state index in [1.165, 1.54) is 0 Å². The van der Waals surface area contributed by atoms with Gasteiger partial charge in [-0.3, -0.25) is 0 Å². The van der Waals surface area contributed by atoms with Gasteiger partial charge in [0.1, 0.15) is 0 Å². The quantitative estimate of drug-likeness (QED) is 0.710. The van der Waals surface area contributed by atoms with Gasteiger partial charge in [0.2, 0.25) is 0 Å². The Bertz CT molecular complexity index is 179. The average molecular weight is 200 g/mol. The van der Waals surface area contributed by atoms with Crippen LogP contribution in [0.1, 0.15) is 32.6 Å². The molecule has 0 spiro atoms. The second-order valence-corrected chi connectivity index (χ2v) is 3.91. The largest absolute Gasteiger partial charge is 0.396 e. The monoisotopic (exact) mass is 200 g/mol. The molecule has 1 fully saturated rings. The minimum Gasteiger partial charge on any atom is -0.396 e. The van der Waals surface area contributed by atoms with Crippen molar-refractivity contribution in [3.63, 3.8) is 0 Å². The Morgan fingerprint density at radius 1 is 1.50 bits per heavy atom. The van der Waals surface area contributed by atoms with E-state index in [2.05, 4.69) is 5.32 Å². The predicted octanol–water partition coefficient (Wildman–Crippen LogP) is 0.953. The van der Waals surface area contributed by atoms with Gasteiger partial charge in [0.15, 0.2) is 0 Å². The van der Waals surface area contributed by atoms with Crippen molar-refractivity contribution in [2.75, 3.05) is 19.7 Å². The van der Waals surface area contributed by atoms with Crippen molar-refractivity contribution in [1.29, 1.82) is 0 Å². The van der Waals surface area contributed by atoms with Crippen LogP contribution >= 0.6 is 0 Å². The lowest BCUT2D eigenvalue weighted by atomic mass is 10.2. The van der Waals surface area contributed by atoms with Gasteiger partial charge in [-0.2, -0.15) is 0 Å². The number of likely N-dealkylation sites (tertiary alicyclic amines) is 1. The maximum Gasteiger partial charge on any atom is 0.317 e. The predicted molar refractivity (Wildman–Crippen MR) is 55.1 cm³/mol. The second-order valence-electron chi connectivity index (χ2n) is 3.91. The Balaban J connectivity index is 2.18. The number of urea groups is 1. The van der Waals surface area contributed by atoms with E-state index in [1.807, 2.05) is 11.8 Å². The fourth-order valence-electron chi connectivity index (χ4n) is 1.69. The van der Waals surface area contributed by atoms with E-state index in [9.17, 15) is 4.79 Å². The summed E-state index contributed by atoms with van der Waals surface area (Å²) in [6.07, 6.45) is 3.84. The third-order valence-electron chi connectivity index (χ3n) is 2.56. The van der Waals surface area contributed by atoms with Crippen LogP contribution in [0.4, 0.5) is 4.79 Å². The van der Waals surface area contributed by atoms with Crippen LogP contribution in [0.15, 0.2) is 0 Å². The highest BCUT2D eigenvalue weighted by Crippen LogP contribution is 2.07. The van der Waals surface area contributed by atoms with Crippen molar-refractivity contribution in [3.05, 3.63) is 0 Å². The minimum atomic E-state index is 0.0490. The molecule has 0 aromatic rings. The lowest BCUT2D eigenvalue weighted by Gasteiger charge is -2.20. The number of aliphatic hydroxyl groups is 1. The van der Waals surface area contributed by atoms with Crippen LogP contribution in [0.3, 0.4) is 0 Å². The Kier molecular flexibility index (Phi) is 4.73. The topological polar surface area (TPSA) is 52.6 Å². The Labute approximate surface area is 85.3 Å². The molecule has 0 aliphatic carbocycles. The summed E-state index contributed by atoms with van der Waals surface area (Å²) in [7, 11) is 0. The van der Waals surface area contributed by atoms with Gasteiger partial charge in [-0.05, 0) is 32.6 Å². The molecule has 0 aromatic carbocycles. The number of hydrogen-bond donors (Lipinski definition) is 2. The molecule has 1 unspecified atom stereocenters. The zero-order chi connectivity index (χ0) is 10.4. The van der Waals surface area contributed by atoms with Gasteiger partial charge in [-0.15, -0.1) is 0 Å². The van der Waals surface area contributed by atoms with Crippen LogP contribution in [0.2, 0.25) is 0 Å². The zero-order valence-corrected chi connectivity index (χ0v) is 8.83. The first-order valence-corrected chi connectivity index (χ1v) is 5.40. The molecule has 4 heteroatoms. The molecule has 0 saturated carbocycles. The molecule has 0 radical (unpaired) electrons. The molecule has 2 N–H and O–H groups in total. The van der Waals surface area contributed by atoms with Gasteiger partial charge in [-0.1, -0.05) is 0 Å². The van der Waals surface area contributed by atoms with Crippen LogP contribution in [0.5, 0.6) is 0 Å². The summed E-state index contributed by atoms with van der Waals surface area (Å²) in [5.74, 6) is 0. The van der Waals surface area contributed by atoms with Gasteiger partial charge in [0, 0.05) is 25.7 Å². The number of aliphatic hydroxyl groups excluding tert-OH is 1. The maximum atomic E-state index is 11.6. The van der Waals surface area contributed by atoms with Gasteiger partial charge in [-0.25, -0.2) is 4.79 Å². The molecule has 4 nitrogen and oxygen atoms in total. The summed E-state index contributed by atoms with van der Waals surface area (Å²) in [6.45, 7) is 3.95. The van der Waals surface area contributed by atoms with Crippen molar-refractivity contribution in [2.24, 2.45) is 0 Å². The van der Waals surface area contributed by atoms with E-state index in [-0.39, 0.29) is 18.7 Å². The van der Waals surface area contributed by atoms with Crippen LogP contribution in [-0.4, -0.2) is 41.8 Å². The summed E-state index contributed by atoms with van der Waals surface area (Å²) in [5.41, 5.74) is 0. The first kappa shape index (κ1) is 11.3. The van der Waals surface area contributed by atoms with Crippen LogP contribution < -0.4 is 5.32 Å². The summed E-state index contributed by atoms with van der Waals surface area (Å²) in [6, 6.07) is 0.211. The molecule has 1 rings (SSSR count). The van der Waals surface area contributed by atoms with Crippen LogP contribution in [-0.2, 0) is 0 Å². The van der Waals surface area contributed by atoms with E-state index in [1.54, 1.807) is 0 Å². The molecule has 0 bridgehead atoms. The van der Waals surface area contributed by atoms with Crippen molar-refractivity contribution in [3.8, 4) is 0 Å². The van der Waals surface area contributed by atoms with Crippen molar-refractivity contribution in [1.82, 2.24) is 10.2 Å². The summed E-state index contributed by atoms with van der Waals surface area (Å²) in [5, 5.41) is 11.6. The number of nitrogens with zero attached hydrogens (tertiary/aromatic N) is 1.